The Bertz CT molecular complexity index is 365. The summed E-state index contributed by atoms with van der Waals surface area (Å²) in [6.45, 7) is 3.74. The summed E-state index contributed by atoms with van der Waals surface area (Å²) in [5, 5.41) is 0. The standard InChI is InChI=1S/C12H13O3.Na.H2O/c1-3-9(2)15-12(14)11-7-5-4-6-10(11)8-13;;/h4-7,9H,3H2,1-2H3;;1H2/q-1;+1;/p-1. The summed E-state index contributed by atoms with van der Waals surface area (Å²) in [4.78, 5) is 22.1. The third kappa shape index (κ3) is 5.46. The van der Waals surface area contributed by atoms with Crippen LogP contribution < -0.4 is 29.6 Å². The molecule has 0 radical (unpaired) electrons. The van der Waals surface area contributed by atoms with Crippen molar-refractivity contribution in [1.82, 2.24) is 0 Å². The van der Waals surface area contributed by atoms with Gasteiger partial charge in [-0.2, -0.15) is 6.07 Å². The Labute approximate surface area is 123 Å². The molecule has 0 amide bonds. The number of carbonyl (C=O) groups excluding carboxylic acids is 2. The van der Waals surface area contributed by atoms with E-state index in [4.69, 9.17) is 4.74 Å². The monoisotopic (exact) mass is 245 g/mol. The van der Waals surface area contributed by atoms with Crippen molar-refractivity contribution in [2.75, 3.05) is 0 Å². The van der Waals surface area contributed by atoms with Crippen molar-refractivity contribution < 1.29 is 49.4 Å². The van der Waals surface area contributed by atoms with Crippen LogP contribution in [0.15, 0.2) is 24.3 Å². The SMILES string of the molecule is CCC(C)OC(=O)c1ccccc1[C-]=O.[Na+].[OH-]. The molecule has 1 N–H and O–H groups in total. The third-order valence-corrected chi connectivity index (χ3v) is 2.14. The number of benzene rings is 1. The van der Waals surface area contributed by atoms with Crippen LogP contribution in [0.5, 0.6) is 0 Å². The molecule has 0 aliphatic rings. The van der Waals surface area contributed by atoms with E-state index in [9.17, 15) is 9.59 Å². The van der Waals surface area contributed by atoms with Gasteiger partial charge in [0.05, 0.1) is 12.4 Å². The predicted molar refractivity (Wildman–Crippen MR) is 58.3 cm³/mol. The van der Waals surface area contributed by atoms with E-state index < -0.39 is 5.97 Å². The fraction of sp³-hybridized carbons (Fsp3) is 0.333. The van der Waals surface area contributed by atoms with Gasteiger partial charge in [-0.1, -0.05) is 13.0 Å². The Kier molecular flexibility index (Phi) is 10.3. The van der Waals surface area contributed by atoms with Crippen LogP contribution in [0.2, 0.25) is 0 Å². The Morgan fingerprint density at radius 3 is 2.53 bits per heavy atom. The first kappa shape index (κ1) is 18.7. The van der Waals surface area contributed by atoms with Gasteiger partial charge in [0.2, 0.25) is 0 Å². The van der Waals surface area contributed by atoms with E-state index in [1.807, 2.05) is 13.8 Å². The molecule has 1 aromatic carbocycles. The summed E-state index contributed by atoms with van der Waals surface area (Å²) in [5.74, 6) is -0.469. The van der Waals surface area contributed by atoms with Gasteiger partial charge in [0, 0.05) is 0 Å². The van der Waals surface area contributed by atoms with Gasteiger partial charge in [0.15, 0.2) is 0 Å². The molecule has 0 saturated heterocycles. The van der Waals surface area contributed by atoms with E-state index in [0.29, 0.717) is 0 Å². The molecular formula is C12H14NaO4-. The molecule has 4 nitrogen and oxygen atoms in total. The minimum absolute atomic E-state index is 0. The summed E-state index contributed by atoms with van der Waals surface area (Å²) < 4.78 is 5.11. The Balaban J connectivity index is 0. The molecule has 1 aromatic rings. The Morgan fingerprint density at radius 2 is 2.00 bits per heavy atom. The van der Waals surface area contributed by atoms with Crippen molar-refractivity contribution in [1.29, 1.82) is 0 Å². The molecule has 0 fully saturated rings. The van der Waals surface area contributed by atoms with E-state index in [2.05, 4.69) is 0 Å². The van der Waals surface area contributed by atoms with Crippen LogP contribution in [0, 0.1) is 0 Å². The Morgan fingerprint density at radius 1 is 1.41 bits per heavy atom. The second kappa shape index (κ2) is 9.36. The van der Waals surface area contributed by atoms with Crippen molar-refractivity contribution in [2.24, 2.45) is 0 Å². The number of hydrogen-bond donors (Lipinski definition) is 0. The van der Waals surface area contributed by atoms with Crippen molar-refractivity contribution >= 4 is 12.3 Å². The van der Waals surface area contributed by atoms with Gasteiger partial charge in [-0.3, -0.25) is 4.79 Å². The van der Waals surface area contributed by atoms with Crippen LogP contribution in [0.3, 0.4) is 0 Å². The van der Waals surface area contributed by atoms with E-state index >= 15 is 0 Å². The smallest absolute Gasteiger partial charge is 0.870 e. The number of rotatable bonds is 4. The maximum absolute atomic E-state index is 11.6. The van der Waals surface area contributed by atoms with Crippen molar-refractivity contribution in [3.05, 3.63) is 35.4 Å². The predicted octanol–water partition coefficient (Wildman–Crippen LogP) is -1.07. The summed E-state index contributed by atoms with van der Waals surface area (Å²) in [7, 11) is 0. The molecule has 0 bridgehead atoms. The number of ether oxygens (including phenoxy) is 1. The average molecular weight is 245 g/mol. The van der Waals surface area contributed by atoms with Gasteiger partial charge >= 0.3 is 29.6 Å². The molecule has 1 unspecified atom stereocenters. The van der Waals surface area contributed by atoms with Gasteiger partial charge in [-0.05, 0) is 18.9 Å². The van der Waals surface area contributed by atoms with E-state index in [1.54, 1.807) is 30.6 Å². The molecule has 0 aliphatic carbocycles. The van der Waals surface area contributed by atoms with Crippen LogP contribution in [0.1, 0.15) is 36.2 Å². The van der Waals surface area contributed by atoms with Crippen molar-refractivity contribution in [2.45, 2.75) is 26.4 Å². The molecule has 0 aromatic heterocycles. The quantitative estimate of drug-likeness (QED) is 0.384. The van der Waals surface area contributed by atoms with Gasteiger partial charge in [0.1, 0.15) is 0 Å². The molecular weight excluding hydrogens is 231 g/mol. The molecule has 1 rings (SSSR count). The normalized spacial score (nSPS) is 10.5. The topological polar surface area (TPSA) is 73.4 Å². The molecule has 1 atom stereocenters. The van der Waals surface area contributed by atoms with E-state index in [1.165, 1.54) is 0 Å². The molecule has 5 heteroatoms. The van der Waals surface area contributed by atoms with Gasteiger partial charge in [-0.25, -0.2) is 0 Å². The average Bonchev–Trinajstić information content (AvgIpc) is 2.28. The van der Waals surface area contributed by atoms with Crippen molar-refractivity contribution in [3.63, 3.8) is 0 Å². The summed E-state index contributed by atoms with van der Waals surface area (Å²) in [6.07, 6.45) is 2.32. The minimum Gasteiger partial charge on any atom is -0.870 e. The number of carbonyl (C=O) groups is 1. The Hall–Kier alpha value is -0.680. The maximum atomic E-state index is 11.6. The zero-order chi connectivity index (χ0) is 11.3. The van der Waals surface area contributed by atoms with Crippen molar-refractivity contribution in [3.8, 4) is 0 Å². The van der Waals surface area contributed by atoms with Crippen LogP contribution in [-0.2, 0) is 9.53 Å². The third-order valence-electron chi connectivity index (χ3n) is 2.14. The largest absolute Gasteiger partial charge is 1.00 e. The van der Waals surface area contributed by atoms with Gasteiger partial charge in [-0.15, -0.1) is 17.7 Å². The molecule has 17 heavy (non-hydrogen) atoms. The van der Waals surface area contributed by atoms with Gasteiger partial charge < -0.3 is 15.0 Å². The first-order chi connectivity index (χ1) is 7.19. The second-order valence-electron chi connectivity index (χ2n) is 3.27. The summed E-state index contributed by atoms with van der Waals surface area (Å²) in [5.41, 5.74) is 0.513. The molecule has 88 valence electrons. The summed E-state index contributed by atoms with van der Waals surface area (Å²) in [6, 6.07) is 6.47. The molecule has 0 saturated carbocycles. The van der Waals surface area contributed by atoms with Gasteiger partial charge in [0.25, 0.3) is 5.97 Å². The molecule has 0 aliphatic heterocycles. The molecule has 0 spiro atoms. The van der Waals surface area contributed by atoms with Crippen LogP contribution in [-0.4, -0.2) is 23.8 Å². The van der Waals surface area contributed by atoms with E-state index in [0.717, 1.165) is 6.42 Å². The number of esters is 1. The zero-order valence-electron chi connectivity index (χ0n) is 10.3. The van der Waals surface area contributed by atoms with Crippen LogP contribution in [0.4, 0.5) is 0 Å². The van der Waals surface area contributed by atoms with Crippen LogP contribution in [0.25, 0.3) is 0 Å². The molecule has 0 heterocycles. The maximum Gasteiger partial charge on any atom is 1.00 e. The van der Waals surface area contributed by atoms with Crippen LogP contribution >= 0.6 is 0 Å². The first-order valence-corrected chi connectivity index (χ1v) is 4.87. The number of hydrogen-bond acceptors (Lipinski definition) is 4. The summed E-state index contributed by atoms with van der Waals surface area (Å²) >= 11 is 0. The first-order valence-electron chi connectivity index (χ1n) is 4.87. The minimum atomic E-state index is -0.469. The fourth-order valence-electron chi connectivity index (χ4n) is 1.08. The zero-order valence-corrected chi connectivity index (χ0v) is 12.3. The van der Waals surface area contributed by atoms with E-state index in [-0.39, 0.29) is 52.3 Å². The second-order valence-corrected chi connectivity index (χ2v) is 3.27. The fourth-order valence-corrected chi connectivity index (χ4v) is 1.08.